The molecule has 0 aliphatic heterocycles. The van der Waals surface area contributed by atoms with Crippen molar-refractivity contribution in [1.29, 1.82) is 0 Å². The van der Waals surface area contributed by atoms with Crippen LogP contribution in [0.2, 0.25) is 0 Å². The average molecular weight is 307 g/mol. The van der Waals surface area contributed by atoms with Crippen LogP contribution in [0.4, 0.5) is 0 Å². The molecule has 3 heteroatoms. The van der Waals surface area contributed by atoms with Gasteiger partial charge in [0.25, 0.3) is 0 Å². The van der Waals surface area contributed by atoms with Crippen LogP contribution in [-0.4, -0.2) is 0 Å². The molecule has 75 valence electrons. The molecule has 2 rings (SSSR count). The van der Waals surface area contributed by atoms with E-state index in [-0.39, 0.29) is 24.8 Å². The molecular weight excluding hydrogens is 294 g/mol. The fourth-order valence-electron chi connectivity index (χ4n) is 1.87. The maximum atomic E-state index is 2.38. The quantitative estimate of drug-likeness (QED) is 0.685. The van der Waals surface area contributed by atoms with Crippen LogP contribution >= 0.6 is 24.8 Å². The third kappa shape index (κ3) is 2.32. The molecule has 0 saturated heterocycles. The maximum Gasteiger partial charge on any atom is -0.147 e. The van der Waals surface area contributed by atoms with Crippen molar-refractivity contribution in [2.45, 2.75) is 17.0 Å². The predicted molar refractivity (Wildman–Crippen MR) is 61.9 cm³/mol. The summed E-state index contributed by atoms with van der Waals surface area (Å²) in [7, 11) is 0. The summed E-state index contributed by atoms with van der Waals surface area (Å²) >= 11 is 1.58. The zero-order valence-electron chi connectivity index (χ0n) is 8.20. The van der Waals surface area contributed by atoms with Crippen LogP contribution in [0.3, 0.4) is 0 Å². The van der Waals surface area contributed by atoms with Crippen molar-refractivity contribution in [1.82, 2.24) is 0 Å². The zero-order valence-corrected chi connectivity index (χ0v) is 12.3. The van der Waals surface area contributed by atoms with Gasteiger partial charge in [0.2, 0.25) is 0 Å². The van der Waals surface area contributed by atoms with Crippen molar-refractivity contribution in [2.75, 3.05) is 0 Å². The Balaban J connectivity index is 0.000000845. The monoisotopic (exact) mass is 305 g/mol. The van der Waals surface area contributed by atoms with Gasteiger partial charge in [0.1, 0.15) is 0 Å². The van der Waals surface area contributed by atoms with Gasteiger partial charge in [-0.3, -0.25) is 0 Å². The molecule has 0 bridgehead atoms. The van der Waals surface area contributed by atoms with E-state index >= 15 is 0 Å². The summed E-state index contributed by atoms with van der Waals surface area (Å²) in [4.78, 5) is 0. The minimum Gasteiger partial charge on any atom is -0.147 e. The second kappa shape index (κ2) is 4.97. The summed E-state index contributed by atoms with van der Waals surface area (Å²) in [6, 6.07) is 8.72. The van der Waals surface area contributed by atoms with Crippen LogP contribution in [0.25, 0.3) is 5.57 Å². The Hall–Kier alpha value is 0.423. The minimum absolute atomic E-state index is 0. The smallest absolute Gasteiger partial charge is 0.147 e. The molecule has 0 spiro atoms. The first kappa shape index (κ1) is 14.4. The van der Waals surface area contributed by atoms with Crippen LogP contribution in [-0.2, 0) is 27.8 Å². The molecule has 0 nitrogen and oxygen atoms in total. The van der Waals surface area contributed by atoms with Gasteiger partial charge in [-0.05, 0) is 0 Å². The Labute approximate surface area is 113 Å². The van der Waals surface area contributed by atoms with E-state index in [0.717, 1.165) is 0 Å². The minimum atomic E-state index is 0. The van der Waals surface area contributed by atoms with Gasteiger partial charge in [0.05, 0.1) is 0 Å². The maximum absolute atomic E-state index is 2.38. The van der Waals surface area contributed by atoms with Gasteiger partial charge in [-0.15, -0.1) is 24.8 Å². The van der Waals surface area contributed by atoms with E-state index in [1.54, 1.807) is 24.7 Å². The Morgan fingerprint density at radius 1 is 1.14 bits per heavy atom. The first-order valence-electron chi connectivity index (χ1n) is 4.15. The fraction of sp³-hybridized carbons (Fsp3) is 0.273. The summed E-state index contributed by atoms with van der Waals surface area (Å²) in [5, 5.41) is 0. The number of fused-ring (bicyclic) bond motifs is 1. The van der Waals surface area contributed by atoms with Gasteiger partial charge in [0, 0.05) is 0 Å². The number of rotatable bonds is 0. The molecule has 1 unspecified atom stereocenters. The van der Waals surface area contributed by atoms with E-state index in [1.807, 2.05) is 0 Å². The first-order chi connectivity index (χ1) is 5.61. The number of hydrogen-bond donors (Lipinski definition) is 0. The van der Waals surface area contributed by atoms with E-state index in [1.165, 1.54) is 16.7 Å². The van der Waals surface area contributed by atoms with Crippen molar-refractivity contribution < 1.29 is 24.7 Å². The summed E-state index contributed by atoms with van der Waals surface area (Å²) in [6.07, 6.45) is 2.38. The van der Waals surface area contributed by atoms with E-state index in [4.69, 9.17) is 0 Å². The third-order valence-electron chi connectivity index (χ3n) is 2.42. The first-order valence-corrected chi connectivity index (χ1v) is 5.38. The normalized spacial score (nSPS) is 22.8. The third-order valence-corrected chi connectivity index (χ3v) is 3.43. The molecule has 0 saturated carbocycles. The average Bonchev–Trinajstić information content (AvgIpc) is 2.25. The molecule has 0 aromatic heterocycles. The molecule has 0 amide bonds. The predicted octanol–water partition coefficient (Wildman–Crippen LogP) is 3.71. The molecule has 0 fully saturated rings. The van der Waals surface area contributed by atoms with Crippen LogP contribution < -0.4 is 0 Å². The standard InChI is InChI=1S/C11H11.2ClH.Zr/c1-8-7-9(2)11-6-4-3-5-10(8)11;;;/h3-7H,1-2H3;2*1H;. The Bertz CT molecular complexity index is 356. The summed E-state index contributed by atoms with van der Waals surface area (Å²) in [5.74, 6) is 0. The molecule has 0 radical (unpaired) electrons. The molecule has 0 heterocycles. The molecule has 14 heavy (non-hydrogen) atoms. The van der Waals surface area contributed by atoms with E-state index in [2.05, 4.69) is 44.2 Å². The molecule has 1 aliphatic carbocycles. The van der Waals surface area contributed by atoms with E-state index in [0.29, 0.717) is 3.12 Å². The van der Waals surface area contributed by atoms with Crippen molar-refractivity contribution in [3.8, 4) is 0 Å². The Morgan fingerprint density at radius 2 is 1.71 bits per heavy atom. The number of hydrogen-bond acceptors (Lipinski definition) is 0. The number of benzene rings is 1. The van der Waals surface area contributed by atoms with Gasteiger partial charge in [-0.2, -0.15) is 0 Å². The van der Waals surface area contributed by atoms with E-state index < -0.39 is 0 Å². The largest absolute Gasteiger partial charge is 0.147 e. The Kier molecular flexibility index (Phi) is 5.12. The molecule has 1 aromatic rings. The van der Waals surface area contributed by atoms with Gasteiger partial charge >= 0.3 is 88.7 Å². The van der Waals surface area contributed by atoms with Crippen LogP contribution in [0.1, 0.15) is 25.0 Å². The summed E-state index contributed by atoms with van der Waals surface area (Å²) in [5.41, 5.74) is 4.38. The van der Waals surface area contributed by atoms with Gasteiger partial charge in [-0.1, -0.05) is 0 Å². The second-order valence-corrected chi connectivity index (χ2v) is 6.13. The van der Waals surface area contributed by atoms with Gasteiger partial charge < -0.3 is 0 Å². The number of halogens is 2. The topological polar surface area (TPSA) is 0 Å². The van der Waals surface area contributed by atoms with Gasteiger partial charge in [0.15, 0.2) is 0 Å². The van der Waals surface area contributed by atoms with Crippen molar-refractivity contribution >= 4 is 30.4 Å². The van der Waals surface area contributed by atoms with Crippen LogP contribution in [0.5, 0.6) is 0 Å². The molecule has 1 atom stereocenters. The molecule has 1 aromatic carbocycles. The SMILES string of the molecule is CC1=C[C](C)([Zr])c2ccccc21.Cl.Cl. The zero-order chi connectivity index (χ0) is 8.77. The molecule has 0 N–H and O–H groups in total. The van der Waals surface area contributed by atoms with Crippen LogP contribution in [0, 0.1) is 0 Å². The second-order valence-electron chi connectivity index (χ2n) is 3.58. The molecule has 1 aliphatic rings. The number of allylic oxidation sites excluding steroid dienone is 2. The van der Waals surface area contributed by atoms with E-state index in [9.17, 15) is 0 Å². The Morgan fingerprint density at radius 3 is 2.29 bits per heavy atom. The summed E-state index contributed by atoms with van der Waals surface area (Å²) < 4.78 is 0.327. The van der Waals surface area contributed by atoms with Crippen molar-refractivity contribution in [3.63, 3.8) is 0 Å². The van der Waals surface area contributed by atoms with Crippen molar-refractivity contribution in [3.05, 3.63) is 41.5 Å². The molecular formula is C11H13Cl2Zr. The summed E-state index contributed by atoms with van der Waals surface area (Å²) in [6.45, 7) is 4.51. The van der Waals surface area contributed by atoms with Gasteiger partial charge in [-0.25, -0.2) is 0 Å². The van der Waals surface area contributed by atoms with Crippen LogP contribution in [0.15, 0.2) is 30.3 Å². The fourth-order valence-corrected chi connectivity index (χ4v) is 2.94. The van der Waals surface area contributed by atoms with Crippen molar-refractivity contribution in [2.24, 2.45) is 0 Å².